The van der Waals surface area contributed by atoms with Crippen LogP contribution in [0, 0.1) is 13.8 Å². The number of rotatable bonds is 6. The van der Waals surface area contributed by atoms with Gasteiger partial charge in [-0.2, -0.15) is 0 Å². The maximum Gasteiger partial charge on any atom is 0.220 e. The molecule has 2 rings (SSSR count). The van der Waals surface area contributed by atoms with Crippen molar-refractivity contribution in [2.75, 3.05) is 6.61 Å². The first-order valence-electron chi connectivity index (χ1n) is 7.61. The van der Waals surface area contributed by atoms with Crippen LogP contribution in [0.3, 0.4) is 0 Å². The van der Waals surface area contributed by atoms with E-state index in [9.17, 15) is 9.90 Å². The Morgan fingerprint density at radius 2 is 1.73 bits per heavy atom. The third kappa shape index (κ3) is 4.71. The second-order valence-electron chi connectivity index (χ2n) is 5.71. The predicted octanol–water partition coefficient (Wildman–Crippen LogP) is 3.09. The van der Waals surface area contributed by atoms with Gasteiger partial charge < -0.3 is 10.4 Å². The Morgan fingerprint density at radius 3 is 2.32 bits per heavy atom. The van der Waals surface area contributed by atoms with Crippen molar-refractivity contribution >= 4 is 5.91 Å². The van der Waals surface area contributed by atoms with Gasteiger partial charge in [0.15, 0.2) is 0 Å². The molecular formula is C19H23NO2. The van der Waals surface area contributed by atoms with E-state index in [-0.39, 0.29) is 18.6 Å². The van der Waals surface area contributed by atoms with Gasteiger partial charge in [0.05, 0.1) is 12.6 Å². The summed E-state index contributed by atoms with van der Waals surface area (Å²) in [6.45, 7) is 4.03. The van der Waals surface area contributed by atoms with Crippen molar-refractivity contribution < 1.29 is 9.90 Å². The van der Waals surface area contributed by atoms with E-state index in [1.54, 1.807) is 0 Å². The van der Waals surface area contributed by atoms with Gasteiger partial charge in [0, 0.05) is 6.42 Å². The van der Waals surface area contributed by atoms with Crippen LogP contribution in [-0.4, -0.2) is 17.6 Å². The Morgan fingerprint density at radius 1 is 1.09 bits per heavy atom. The highest BCUT2D eigenvalue weighted by Gasteiger charge is 2.13. The Bertz CT molecular complexity index is 602. The Labute approximate surface area is 132 Å². The van der Waals surface area contributed by atoms with Crippen LogP contribution in [0.5, 0.6) is 0 Å². The molecule has 22 heavy (non-hydrogen) atoms. The molecule has 0 aliphatic carbocycles. The van der Waals surface area contributed by atoms with Crippen molar-refractivity contribution in [1.82, 2.24) is 5.32 Å². The molecule has 0 bridgehead atoms. The molecule has 0 fully saturated rings. The zero-order valence-electron chi connectivity index (χ0n) is 13.2. The SMILES string of the molecule is Cc1cc(C)cc(CCC(=O)NC(CO)c2ccccc2)c1. The molecule has 0 saturated carbocycles. The minimum Gasteiger partial charge on any atom is -0.394 e. The van der Waals surface area contributed by atoms with Crippen molar-refractivity contribution in [2.24, 2.45) is 0 Å². The van der Waals surface area contributed by atoms with Gasteiger partial charge in [0.25, 0.3) is 0 Å². The lowest BCUT2D eigenvalue weighted by molar-refractivity contribution is -0.122. The highest BCUT2D eigenvalue weighted by atomic mass is 16.3. The Hall–Kier alpha value is -2.13. The summed E-state index contributed by atoms with van der Waals surface area (Å²) < 4.78 is 0. The molecule has 0 spiro atoms. The Kier molecular flexibility index (Phi) is 5.73. The zero-order chi connectivity index (χ0) is 15.9. The van der Waals surface area contributed by atoms with E-state index in [1.807, 2.05) is 30.3 Å². The van der Waals surface area contributed by atoms with Crippen molar-refractivity contribution in [3.8, 4) is 0 Å². The lowest BCUT2D eigenvalue weighted by Crippen LogP contribution is -2.30. The van der Waals surface area contributed by atoms with E-state index in [0.717, 1.165) is 5.56 Å². The number of hydrogen-bond donors (Lipinski definition) is 2. The fraction of sp³-hybridized carbons (Fsp3) is 0.316. The van der Waals surface area contributed by atoms with Crippen LogP contribution in [0.1, 0.15) is 34.7 Å². The summed E-state index contributed by atoms with van der Waals surface area (Å²) in [4.78, 5) is 12.1. The topological polar surface area (TPSA) is 49.3 Å². The molecular weight excluding hydrogens is 274 g/mol. The van der Waals surface area contributed by atoms with Gasteiger partial charge in [-0.05, 0) is 31.4 Å². The molecule has 1 atom stereocenters. The van der Waals surface area contributed by atoms with Gasteiger partial charge >= 0.3 is 0 Å². The summed E-state index contributed by atoms with van der Waals surface area (Å²) in [5, 5.41) is 12.4. The number of hydrogen-bond acceptors (Lipinski definition) is 2. The van der Waals surface area contributed by atoms with Crippen molar-refractivity contribution in [2.45, 2.75) is 32.7 Å². The largest absolute Gasteiger partial charge is 0.394 e. The van der Waals surface area contributed by atoms with E-state index < -0.39 is 0 Å². The molecule has 0 aliphatic rings. The number of nitrogens with one attached hydrogen (secondary N) is 1. The average molecular weight is 297 g/mol. The third-order valence-corrected chi connectivity index (χ3v) is 3.64. The minimum atomic E-state index is -0.340. The van der Waals surface area contributed by atoms with Gasteiger partial charge in [-0.25, -0.2) is 0 Å². The van der Waals surface area contributed by atoms with Crippen molar-refractivity contribution in [1.29, 1.82) is 0 Å². The summed E-state index contributed by atoms with van der Waals surface area (Å²) >= 11 is 0. The van der Waals surface area contributed by atoms with E-state index in [1.165, 1.54) is 16.7 Å². The van der Waals surface area contributed by atoms with Crippen LogP contribution in [0.25, 0.3) is 0 Å². The number of amides is 1. The molecule has 2 aromatic carbocycles. The maximum absolute atomic E-state index is 12.1. The lowest BCUT2D eigenvalue weighted by Gasteiger charge is -2.16. The van der Waals surface area contributed by atoms with Crippen molar-refractivity contribution in [3.05, 3.63) is 70.8 Å². The molecule has 0 heterocycles. The molecule has 0 aliphatic heterocycles. The molecule has 116 valence electrons. The second kappa shape index (κ2) is 7.76. The fourth-order valence-electron chi connectivity index (χ4n) is 2.66. The maximum atomic E-state index is 12.1. The number of aryl methyl sites for hydroxylation is 3. The first-order valence-corrected chi connectivity index (χ1v) is 7.61. The first-order chi connectivity index (χ1) is 10.6. The first kappa shape index (κ1) is 16.2. The smallest absolute Gasteiger partial charge is 0.220 e. The molecule has 0 saturated heterocycles. The summed E-state index contributed by atoms with van der Waals surface area (Å²) in [5.74, 6) is -0.0398. The van der Waals surface area contributed by atoms with Crippen LogP contribution < -0.4 is 5.32 Å². The molecule has 3 heteroatoms. The minimum absolute atomic E-state index is 0.0398. The lowest BCUT2D eigenvalue weighted by atomic mass is 10.0. The average Bonchev–Trinajstić information content (AvgIpc) is 2.50. The number of aliphatic hydroxyl groups is 1. The van der Waals surface area contributed by atoms with Crippen LogP contribution in [0.15, 0.2) is 48.5 Å². The normalized spacial score (nSPS) is 12.0. The molecule has 3 nitrogen and oxygen atoms in total. The highest BCUT2D eigenvalue weighted by Crippen LogP contribution is 2.13. The van der Waals surface area contributed by atoms with Crippen LogP contribution >= 0.6 is 0 Å². The van der Waals surface area contributed by atoms with E-state index >= 15 is 0 Å². The standard InChI is InChI=1S/C19H23NO2/c1-14-10-15(2)12-16(11-14)8-9-19(22)20-18(13-21)17-6-4-3-5-7-17/h3-7,10-12,18,21H,8-9,13H2,1-2H3,(H,20,22). The molecule has 1 amide bonds. The molecule has 0 radical (unpaired) electrons. The Balaban J connectivity index is 1.92. The third-order valence-electron chi connectivity index (χ3n) is 3.64. The fourth-order valence-corrected chi connectivity index (χ4v) is 2.66. The van der Waals surface area contributed by atoms with Gasteiger partial charge in [-0.15, -0.1) is 0 Å². The quantitative estimate of drug-likeness (QED) is 0.861. The summed E-state index contributed by atoms with van der Waals surface area (Å²) in [7, 11) is 0. The molecule has 2 aromatic rings. The van der Waals surface area contributed by atoms with Crippen molar-refractivity contribution in [3.63, 3.8) is 0 Å². The summed E-state index contributed by atoms with van der Waals surface area (Å²) in [6, 6.07) is 15.5. The highest BCUT2D eigenvalue weighted by molar-refractivity contribution is 5.76. The molecule has 2 N–H and O–H groups in total. The van der Waals surface area contributed by atoms with Gasteiger partial charge in [0.1, 0.15) is 0 Å². The zero-order valence-corrected chi connectivity index (χ0v) is 13.2. The predicted molar refractivity (Wildman–Crippen MR) is 88.6 cm³/mol. The van der Waals surface area contributed by atoms with Gasteiger partial charge in [-0.1, -0.05) is 59.7 Å². The number of carbonyl (C=O) groups is 1. The molecule has 0 aromatic heterocycles. The summed E-state index contributed by atoms with van der Waals surface area (Å²) in [6.07, 6.45) is 1.13. The van der Waals surface area contributed by atoms with E-state index in [2.05, 4.69) is 37.4 Å². The summed E-state index contributed by atoms with van der Waals surface area (Å²) in [5.41, 5.74) is 4.53. The van der Waals surface area contributed by atoms with Crippen LogP contribution in [-0.2, 0) is 11.2 Å². The van der Waals surface area contributed by atoms with E-state index in [0.29, 0.717) is 12.8 Å². The number of benzene rings is 2. The van der Waals surface area contributed by atoms with Gasteiger partial charge in [-0.3, -0.25) is 4.79 Å². The van der Waals surface area contributed by atoms with Crippen LogP contribution in [0.2, 0.25) is 0 Å². The molecule has 1 unspecified atom stereocenters. The van der Waals surface area contributed by atoms with E-state index in [4.69, 9.17) is 0 Å². The number of carbonyl (C=O) groups excluding carboxylic acids is 1. The number of aliphatic hydroxyl groups excluding tert-OH is 1. The van der Waals surface area contributed by atoms with Gasteiger partial charge in [0.2, 0.25) is 5.91 Å². The van der Waals surface area contributed by atoms with Crippen LogP contribution in [0.4, 0.5) is 0 Å². The second-order valence-corrected chi connectivity index (χ2v) is 5.71. The monoisotopic (exact) mass is 297 g/mol.